The van der Waals surface area contributed by atoms with Crippen molar-refractivity contribution in [2.75, 3.05) is 23.5 Å². The van der Waals surface area contributed by atoms with Crippen LogP contribution in [-0.2, 0) is 9.59 Å². The van der Waals surface area contributed by atoms with Gasteiger partial charge in [-0.2, -0.15) is 0 Å². The van der Waals surface area contributed by atoms with Gasteiger partial charge in [-0.3, -0.25) is 14.9 Å². The van der Waals surface area contributed by atoms with Crippen LogP contribution in [-0.4, -0.2) is 37.0 Å². The summed E-state index contributed by atoms with van der Waals surface area (Å²) in [6.45, 7) is 11.1. The zero-order chi connectivity index (χ0) is 24.8. The molecule has 2 aromatic carbocycles. The lowest BCUT2D eigenvalue weighted by Gasteiger charge is -2.43. The Bertz CT molecular complexity index is 1270. The van der Waals surface area contributed by atoms with Crippen LogP contribution in [0.4, 0.5) is 16.2 Å². The minimum Gasteiger partial charge on any atom is -0.496 e. The first-order valence-corrected chi connectivity index (χ1v) is 11.2. The number of aryl methyl sites for hydroxylation is 1. The molecule has 0 bridgehead atoms. The molecule has 2 aromatic rings. The van der Waals surface area contributed by atoms with Crippen LogP contribution in [0.2, 0.25) is 0 Å². The second-order valence-corrected chi connectivity index (χ2v) is 9.13. The van der Waals surface area contributed by atoms with E-state index in [4.69, 9.17) is 4.74 Å². The van der Waals surface area contributed by atoms with Gasteiger partial charge in [0.2, 0.25) is 0 Å². The number of carbonyl (C=O) groups is 3. The Morgan fingerprint density at radius 3 is 2.47 bits per heavy atom. The van der Waals surface area contributed by atoms with Gasteiger partial charge >= 0.3 is 6.03 Å². The molecule has 1 saturated heterocycles. The smallest absolute Gasteiger partial charge is 0.335 e. The summed E-state index contributed by atoms with van der Waals surface area (Å²) in [6.07, 6.45) is 3.70. The molecule has 7 nitrogen and oxygen atoms in total. The minimum atomic E-state index is -0.769. The monoisotopic (exact) mass is 459 g/mol. The number of amides is 4. The fourth-order valence-corrected chi connectivity index (χ4v) is 4.80. The van der Waals surface area contributed by atoms with Crippen molar-refractivity contribution < 1.29 is 19.1 Å². The van der Waals surface area contributed by atoms with Gasteiger partial charge < -0.3 is 9.64 Å². The fraction of sp³-hybridized carbons (Fsp3) is 0.296. The average Bonchev–Trinajstić information content (AvgIpc) is 2.76. The minimum absolute atomic E-state index is 0.135. The third kappa shape index (κ3) is 3.87. The number of benzene rings is 2. The number of barbiturate groups is 1. The van der Waals surface area contributed by atoms with Crippen molar-refractivity contribution in [1.29, 1.82) is 0 Å². The largest absolute Gasteiger partial charge is 0.496 e. The van der Waals surface area contributed by atoms with Crippen LogP contribution in [0.25, 0.3) is 11.6 Å². The van der Waals surface area contributed by atoms with E-state index in [2.05, 4.69) is 37.1 Å². The maximum absolute atomic E-state index is 13.3. The molecule has 0 radical (unpaired) electrons. The summed E-state index contributed by atoms with van der Waals surface area (Å²) in [5.74, 6) is -0.875. The Labute approximate surface area is 199 Å². The predicted molar refractivity (Wildman–Crippen MR) is 134 cm³/mol. The second-order valence-electron chi connectivity index (χ2n) is 9.13. The van der Waals surface area contributed by atoms with E-state index in [0.717, 1.165) is 33.8 Å². The lowest BCUT2D eigenvalue weighted by molar-refractivity contribution is -0.122. The molecule has 0 spiro atoms. The van der Waals surface area contributed by atoms with Gasteiger partial charge in [0, 0.05) is 29.4 Å². The molecule has 2 heterocycles. The van der Waals surface area contributed by atoms with E-state index in [-0.39, 0.29) is 11.1 Å². The van der Waals surface area contributed by atoms with Crippen LogP contribution in [0.3, 0.4) is 0 Å². The number of hydrogen-bond acceptors (Lipinski definition) is 5. The van der Waals surface area contributed by atoms with Gasteiger partial charge in [-0.05, 0) is 70.0 Å². The summed E-state index contributed by atoms with van der Waals surface area (Å²) in [4.78, 5) is 41.8. The lowest BCUT2D eigenvalue weighted by atomic mass is 9.87. The van der Waals surface area contributed by atoms with Crippen LogP contribution >= 0.6 is 0 Å². The van der Waals surface area contributed by atoms with E-state index in [1.54, 1.807) is 25.3 Å². The molecule has 0 unspecified atom stereocenters. The normalized spacial score (nSPS) is 18.6. The Hall–Kier alpha value is -3.87. The number of anilines is 2. The van der Waals surface area contributed by atoms with Gasteiger partial charge in [0.25, 0.3) is 11.8 Å². The second kappa shape index (κ2) is 8.48. The van der Waals surface area contributed by atoms with Crippen LogP contribution in [0.1, 0.15) is 44.4 Å². The van der Waals surface area contributed by atoms with Gasteiger partial charge in [0.05, 0.1) is 18.3 Å². The molecule has 0 aliphatic carbocycles. The maximum Gasteiger partial charge on any atom is 0.335 e. The Kier molecular flexibility index (Phi) is 5.81. The molecule has 34 heavy (non-hydrogen) atoms. The lowest BCUT2D eigenvalue weighted by Crippen LogP contribution is -2.54. The zero-order valence-corrected chi connectivity index (χ0v) is 20.4. The molecule has 2 aliphatic heterocycles. The van der Waals surface area contributed by atoms with E-state index < -0.39 is 17.8 Å². The molecule has 0 aromatic heterocycles. The molecule has 2 aliphatic rings. The topological polar surface area (TPSA) is 79.0 Å². The summed E-state index contributed by atoms with van der Waals surface area (Å²) in [5, 5.41) is 2.28. The summed E-state index contributed by atoms with van der Waals surface area (Å²) in [5.41, 5.74) is 4.71. The molecule has 1 fully saturated rings. The highest BCUT2D eigenvalue weighted by molar-refractivity contribution is 6.39. The van der Waals surface area contributed by atoms with Gasteiger partial charge in [0.15, 0.2) is 0 Å². The van der Waals surface area contributed by atoms with Gasteiger partial charge in [0.1, 0.15) is 11.3 Å². The third-order valence-corrected chi connectivity index (χ3v) is 6.31. The maximum atomic E-state index is 13.3. The van der Waals surface area contributed by atoms with E-state index in [1.165, 1.54) is 6.08 Å². The summed E-state index contributed by atoms with van der Waals surface area (Å²) < 4.78 is 5.65. The number of urea groups is 1. The van der Waals surface area contributed by atoms with Crippen molar-refractivity contribution in [3.63, 3.8) is 0 Å². The van der Waals surface area contributed by atoms with Crippen LogP contribution in [0.15, 0.2) is 48.0 Å². The number of nitrogens with zero attached hydrogens (tertiary/aromatic N) is 2. The Balaban J connectivity index is 1.83. The SMILES string of the molecule is CCN1c2cc(OC)c(/C=C3/C(=O)NC(=O)N(c4cccc(C)c4)C3=O)cc2C(C)=CC1(C)C. The number of carbonyl (C=O) groups excluding carboxylic acids is 3. The van der Waals surface area contributed by atoms with Crippen LogP contribution in [0.5, 0.6) is 5.75 Å². The van der Waals surface area contributed by atoms with Crippen molar-refractivity contribution >= 4 is 40.9 Å². The highest BCUT2D eigenvalue weighted by Gasteiger charge is 2.37. The molecule has 4 amide bonds. The average molecular weight is 460 g/mol. The molecule has 7 heteroatoms. The van der Waals surface area contributed by atoms with E-state index >= 15 is 0 Å². The molecular weight excluding hydrogens is 430 g/mol. The van der Waals surface area contributed by atoms with E-state index in [1.807, 2.05) is 32.0 Å². The Morgan fingerprint density at radius 2 is 1.82 bits per heavy atom. The molecule has 1 N–H and O–H groups in total. The van der Waals surface area contributed by atoms with Crippen molar-refractivity contribution in [3.05, 3.63) is 64.7 Å². The number of imide groups is 2. The standard InChI is InChI=1S/C27H29N3O4/c1-7-29-22-14-23(34-6)18(12-20(22)17(3)15-27(29,4)5)13-21-24(31)28-26(33)30(25(21)32)19-10-8-9-16(2)11-19/h8-15H,7H2,1-6H3,(H,28,31,33)/b21-13-. The third-order valence-electron chi connectivity index (χ3n) is 6.31. The van der Waals surface area contributed by atoms with Crippen molar-refractivity contribution in [2.24, 2.45) is 0 Å². The highest BCUT2D eigenvalue weighted by atomic mass is 16.5. The zero-order valence-electron chi connectivity index (χ0n) is 20.4. The summed E-state index contributed by atoms with van der Waals surface area (Å²) >= 11 is 0. The molecular formula is C27H29N3O4. The first kappa shape index (κ1) is 23.3. The number of nitrogens with one attached hydrogen (secondary N) is 1. The van der Waals surface area contributed by atoms with Gasteiger partial charge in [-0.15, -0.1) is 0 Å². The number of allylic oxidation sites excluding steroid dienone is 1. The number of fused-ring (bicyclic) bond motifs is 1. The number of likely N-dealkylation sites (N-methyl/N-ethyl adjacent to an activating group) is 1. The van der Waals surface area contributed by atoms with Crippen molar-refractivity contribution in [3.8, 4) is 5.75 Å². The van der Waals surface area contributed by atoms with Gasteiger partial charge in [-0.1, -0.05) is 18.2 Å². The predicted octanol–water partition coefficient (Wildman–Crippen LogP) is 4.69. The molecule has 4 rings (SSSR count). The van der Waals surface area contributed by atoms with Crippen molar-refractivity contribution in [1.82, 2.24) is 5.32 Å². The van der Waals surface area contributed by atoms with Crippen LogP contribution in [0, 0.1) is 6.92 Å². The summed E-state index contributed by atoms with van der Waals surface area (Å²) in [6, 6.07) is 10.1. The first-order chi connectivity index (χ1) is 16.1. The summed E-state index contributed by atoms with van der Waals surface area (Å²) in [7, 11) is 1.56. The fourth-order valence-electron chi connectivity index (χ4n) is 4.80. The number of methoxy groups -OCH3 is 1. The quantitative estimate of drug-likeness (QED) is 0.530. The molecule has 0 atom stereocenters. The number of rotatable bonds is 4. The van der Waals surface area contributed by atoms with E-state index in [9.17, 15) is 14.4 Å². The number of hydrogen-bond donors (Lipinski definition) is 1. The van der Waals surface area contributed by atoms with Crippen molar-refractivity contribution in [2.45, 2.75) is 40.2 Å². The molecule has 176 valence electrons. The van der Waals surface area contributed by atoms with E-state index in [0.29, 0.717) is 17.0 Å². The highest BCUT2D eigenvalue weighted by Crippen LogP contribution is 2.42. The molecule has 0 saturated carbocycles. The Morgan fingerprint density at radius 1 is 1.09 bits per heavy atom. The van der Waals surface area contributed by atoms with Crippen LogP contribution < -0.4 is 19.9 Å². The van der Waals surface area contributed by atoms with Gasteiger partial charge in [-0.25, -0.2) is 9.69 Å². The first-order valence-electron chi connectivity index (χ1n) is 11.2. The number of ether oxygens (including phenoxy) is 1.